The van der Waals surface area contributed by atoms with Gasteiger partial charge in [-0.1, -0.05) is 18.2 Å². The van der Waals surface area contributed by atoms with Gasteiger partial charge in [0, 0.05) is 31.3 Å². The Labute approximate surface area is 143 Å². The molecule has 3 rings (SSSR count). The van der Waals surface area contributed by atoms with E-state index in [1.165, 1.54) is 18.4 Å². The second-order valence-corrected chi connectivity index (χ2v) is 6.77. The van der Waals surface area contributed by atoms with Gasteiger partial charge in [-0.05, 0) is 50.8 Å². The van der Waals surface area contributed by atoms with Crippen molar-refractivity contribution in [2.75, 3.05) is 13.1 Å². The van der Waals surface area contributed by atoms with E-state index in [1.54, 1.807) is 0 Å². The second kappa shape index (κ2) is 7.62. The molecule has 2 aromatic rings. The Morgan fingerprint density at radius 1 is 1.33 bits per heavy atom. The lowest BCUT2D eigenvalue weighted by atomic mass is 9.93. The first kappa shape index (κ1) is 16.7. The Morgan fingerprint density at radius 2 is 2.12 bits per heavy atom. The number of carbonyl (C=O) groups is 1. The molecule has 1 atom stereocenters. The van der Waals surface area contributed by atoms with Crippen molar-refractivity contribution in [1.82, 2.24) is 14.7 Å². The molecular formula is C19H26N4O. The molecule has 2 heterocycles. The normalized spacial score (nSPS) is 18.6. The molecule has 1 aromatic carbocycles. The van der Waals surface area contributed by atoms with Gasteiger partial charge in [0.25, 0.3) is 0 Å². The molecule has 1 aliphatic heterocycles. The first-order chi connectivity index (χ1) is 11.6. The highest BCUT2D eigenvalue weighted by atomic mass is 16.1. The van der Waals surface area contributed by atoms with Crippen LogP contribution in [-0.4, -0.2) is 33.7 Å². The summed E-state index contributed by atoms with van der Waals surface area (Å²) in [5.41, 5.74) is 8.72. The Morgan fingerprint density at radius 3 is 2.88 bits per heavy atom. The van der Waals surface area contributed by atoms with Crippen molar-refractivity contribution in [2.45, 2.75) is 39.2 Å². The Hall–Kier alpha value is -2.14. The molecule has 1 fully saturated rings. The number of rotatable bonds is 6. The lowest BCUT2D eigenvalue weighted by Gasteiger charge is -2.32. The van der Waals surface area contributed by atoms with Gasteiger partial charge < -0.3 is 5.73 Å². The fraction of sp³-hybridized carbons (Fsp3) is 0.474. The van der Waals surface area contributed by atoms with E-state index in [2.05, 4.69) is 35.3 Å². The third-order valence-corrected chi connectivity index (χ3v) is 4.82. The zero-order chi connectivity index (χ0) is 16.9. The molecule has 5 heteroatoms. The van der Waals surface area contributed by atoms with Crippen LogP contribution in [0, 0.1) is 12.8 Å². The molecule has 24 heavy (non-hydrogen) atoms. The third kappa shape index (κ3) is 4.23. The molecule has 0 spiro atoms. The smallest absolute Gasteiger partial charge is 0.217 e. The molecule has 0 radical (unpaired) electrons. The topological polar surface area (TPSA) is 64.2 Å². The van der Waals surface area contributed by atoms with Gasteiger partial charge in [0.05, 0.1) is 11.4 Å². The Kier molecular flexibility index (Phi) is 5.30. The minimum absolute atomic E-state index is 0.188. The number of aryl methyl sites for hydroxylation is 1. The number of amides is 1. The van der Waals surface area contributed by atoms with Gasteiger partial charge in [-0.2, -0.15) is 5.10 Å². The summed E-state index contributed by atoms with van der Waals surface area (Å²) in [5.74, 6) is 0.392. The van der Waals surface area contributed by atoms with Gasteiger partial charge in [-0.25, -0.2) is 4.68 Å². The van der Waals surface area contributed by atoms with Crippen LogP contribution in [0.2, 0.25) is 0 Å². The average molecular weight is 326 g/mol. The van der Waals surface area contributed by atoms with Crippen molar-refractivity contribution >= 4 is 5.91 Å². The molecule has 0 unspecified atom stereocenters. The summed E-state index contributed by atoms with van der Waals surface area (Å²) in [7, 11) is 0. The zero-order valence-corrected chi connectivity index (χ0v) is 14.3. The minimum Gasteiger partial charge on any atom is -0.370 e. The zero-order valence-electron chi connectivity index (χ0n) is 14.3. The Bertz CT molecular complexity index is 680. The van der Waals surface area contributed by atoms with Crippen LogP contribution < -0.4 is 5.73 Å². The first-order valence-electron chi connectivity index (χ1n) is 8.73. The lowest BCUT2D eigenvalue weighted by molar-refractivity contribution is -0.118. The van der Waals surface area contributed by atoms with E-state index in [4.69, 9.17) is 5.73 Å². The average Bonchev–Trinajstić information content (AvgIpc) is 2.95. The number of piperidine rings is 1. The third-order valence-electron chi connectivity index (χ3n) is 4.82. The summed E-state index contributed by atoms with van der Waals surface area (Å²) in [6.45, 7) is 5.15. The highest BCUT2D eigenvalue weighted by Gasteiger charge is 2.21. The summed E-state index contributed by atoms with van der Waals surface area (Å²) in [5, 5.41) is 4.65. The number of nitrogens with two attached hydrogens (primary N) is 1. The summed E-state index contributed by atoms with van der Waals surface area (Å²) >= 11 is 0. The van der Waals surface area contributed by atoms with Crippen LogP contribution in [0.5, 0.6) is 0 Å². The molecule has 0 saturated carbocycles. The van der Waals surface area contributed by atoms with Gasteiger partial charge in [0.2, 0.25) is 5.91 Å². The van der Waals surface area contributed by atoms with Crippen LogP contribution in [0.3, 0.4) is 0 Å². The van der Waals surface area contributed by atoms with Crippen LogP contribution in [0.4, 0.5) is 0 Å². The number of hydrogen-bond acceptors (Lipinski definition) is 3. The Balaban J connectivity index is 1.63. The lowest BCUT2D eigenvalue weighted by Crippen LogP contribution is -2.35. The number of carbonyl (C=O) groups excluding carboxylic acids is 1. The van der Waals surface area contributed by atoms with E-state index in [0.717, 1.165) is 37.4 Å². The SMILES string of the molecule is Cc1nn(-c2ccccc2)cc1CN1CCC[C@@H](CCC(N)=O)C1. The number of aromatic nitrogens is 2. The van der Waals surface area contributed by atoms with E-state index >= 15 is 0 Å². The fourth-order valence-electron chi connectivity index (χ4n) is 3.48. The van der Waals surface area contributed by atoms with E-state index in [-0.39, 0.29) is 5.91 Å². The van der Waals surface area contributed by atoms with Crippen LogP contribution in [-0.2, 0) is 11.3 Å². The van der Waals surface area contributed by atoms with Gasteiger partial charge in [-0.3, -0.25) is 9.69 Å². The van der Waals surface area contributed by atoms with Gasteiger partial charge in [0.1, 0.15) is 0 Å². The van der Waals surface area contributed by atoms with Crippen molar-refractivity contribution in [3.8, 4) is 5.69 Å². The summed E-state index contributed by atoms with van der Waals surface area (Å²) in [6.07, 6.45) is 5.94. The summed E-state index contributed by atoms with van der Waals surface area (Å²) in [4.78, 5) is 13.5. The van der Waals surface area contributed by atoms with Crippen molar-refractivity contribution in [2.24, 2.45) is 11.7 Å². The van der Waals surface area contributed by atoms with Crippen molar-refractivity contribution in [1.29, 1.82) is 0 Å². The van der Waals surface area contributed by atoms with Crippen LogP contribution in [0.1, 0.15) is 36.9 Å². The maximum Gasteiger partial charge on any atom is 0.217 e. The maximum atomic E-state index is 11.0. The van der Waals surface area contributed by atoms with Crippen molar-refractivity contribution in [3.63, 3.8) is 0 Å². The van der Waals surface area contributed by atoms with Crippen molar-refractivity contribution in [3.05, 3.63) is 47.8 Å². The predicted molar refractivity (Wildman–Crippen MR) is 94.7 cm³/mol. The largest absolute Gasteiger partial charge is 0.370 e. The van der Waals surface area contributed by atoms with Gasteiger partial charge >= 0.3 is 0 Å². The van der Waals surface area contributed by atoms with E-state index < -0.39 is 0 Å². The minimum atomic E-state index is -0.188. The first-order valence-corrected chi connectivity index (χ1v) is 8.73. The summed E-state index contributed by atoms with van der Waals surface area (Å²) in [6, 6.07) is 10.2. The number of primary amides is 1. The van der Waals surface area contributed by atoms with E-state index in [0.29, 0.717) is 12.3 Å². The van der Waals surface area contributed by atoms with E-state index in [1.807, 2.05) is 22.9 Å². The predicted octanol–water partition coefficient (Wildman–Crippen LogP) is 2.66. The number of benzene rings is 1. The standard InChI is InChI=1S/C19H26N4O/c1-15-17(14-23(21-15)18-7-3-2-4-8-18)13-22-11-5-6-16(12-22)9-10-19(20)24/h2-4,7-8,14,16H,5-6,9-13H2,1H3,(H2,20,24)/t16-/m0/s1. The van der Waals surface area contributed by atoms with Crippen LogP contribution >= 0.6 is 0 Å². The number of nitrogens with zero attached hydrogens (tertiary/aromatic N) is 3. The molecule has 5 nitrogen and oxygen atoms in total. The highest BCUT2D eigenvalue weighted by molar-refractivity contribution is 5.73. The van der Waals surface area contributed by atoms with Gasteiger partial charge in [-0.15, -0.1) is 0 Å². The quantitative estimate of drug-likeness (QED) is 0.887. The van der Waals surface area contributed by atoms with Gasteiger partial charge in [0.15, 0.2) is 0 Å². The molecule has 0 aliphatic carbocycles. The molecular weight excluding hydrogens is 300 g/mol. The van der Waals surface area contributed by atoms with Crippen molar-refractivity contribution < 1.29 is 4.79 Å². The molecule has 1 aliphatic rings. The second-order valence-electron chi connectivity index (χ2n) is 6.77. The molecule has 1 saturated heterocycles. The highest BCUT2D eigenvalue weighted by Crippen LogP contribution is 2.23. The van der Waals surface area contributed by atoms with E-state index in [9.17, 15) is 4.79 Å². The molecule has 2 N–H and O–H groups in total. The fourth-order valence-corrected chi connectivity index (χ4v) is 3.48. The van der Waals surface area contributed by atoms with Crippen LogP contribution in [0.15, 0.2) is 36.5 Å². The molecule has 1 amide bonds. The van der Waals surface area contributed by atoms with Crippen LogP contribution in [0.25, 0.3) is 5.69 Å². The number of para-hydroxylation sites is 1. The maximum absolute atomic E-state index is 11.0. The number of likely N-dealkylation sites (tertiary alicyclic amines) is 1. The summed E-state index contributed by atoms with van der Waals surface area (Å²) < 4.78 is 1.96. The monoisotopic (exact) mass is 326 g/mol. The molecule has 0 bridgehead atoms. The molecule has 1 aromatic heterocycles. The number of hydrogen-bond donors (Lipinski definition) is 1. The molecule has 128 valence electrons.